The van der Waals surface area contributed by atoms with Crippen molar-refractivity contribution in [2.24, 2.45) is 0 Å². The number of carbonyl (C=O) groups excluding carboxylic acids is 2. The van der Waals surface area contributed by atoms with Gasteiger partial charge in [0.15, 0.2) is 0 Å². The molecule has 0 aliphatic carbocycles. The van der Waals surface area contributed by atoms with E-state index in [4.69, 9.17) is 11.6 Å². The summed E-state index contributed by atoms with van der Waals surface area (Å²) in [6.45, 7) is 0.0766. The molecule has 1 aromatic carbocycles. The lowest BCUT2D eigenvalue weighted by Crippen LogP contribution is -2.43. The number of hydrogen-bond acceptors (Lipinski definition) is 2. The Kier molecular flexibility index (Phi) is 4.50. The van der Waals surface area contributed by atoms with Crippen LogP contribution < -0.4 is 10.6 Å². The largest absolute Gasteiger partial charge is 0.417 e. The maximum Gasteiger partial charge on any atom is 0.417 e. The molecule has 1 atom stereocenters. The van der Waals surface area contributed by atoms with Crippen molar-refractivity contribution >= 4 is 23.5 Å². The van der Waals surface area contributed by atoms with Gasteiger partial charge < -0.3 is 15.5 Å². The molecule has 5 nitrogen and oxygen atoms in total. The molecule has 2 rings (SSSR count). The first-order valence-electron chi connectivity index (χ1n) is 6.34. The Labute approximate surface area is 129 Å². The molecule has 0 bridgehead atoms. The molecule has 1 saturated heterocycles. The molecular formula is C13H13ClF3N3O2. The van der Waals surface area contributed by atoms with Crippen molar-refractivity contribution in [1.82, 2.24) is 15.5 Å². The SMILES string of the molecule is CN1C(=O)NCC1C(=O)NCc1ccc(Cl)c(C(F)(F)F)c1. The molecule has 120 valence electrons. The van der Waals surface area contributed by atoms with Gasteiger partial charge >= 0.3 is 12.2 Å². The fourth-order valence-electron chi connectivity index (χ4n) is 2.06. The molecule has 1 heterocycles. The third kappa shape index (κ3) is 3.44. The minimum atomic E-state index is -4.56. The van der Waals surface area contributed by atoms with Crippen molar-refractivity contribution in [3.63, 3.8) is 0 Å². The van der Waals surface area contributed by atoms with E-state index in [0.717, 1.165) is 12.1 Å². The van der Waals surface area contributed by atoms with Gasteiger partial charge in [-0.2, -0.15) is 13.2 Å². The Morgan fingerprint density at radius 2 is 2.18 bits per heavy atom. The smallest absolute Gasteiger partial charge is 0.350 e. The second kappa shape index (κ2) is 6.04. The first kappa shape index (κ1) is 16.4. The van der Waals surface area contributed by atoms with Crippen LogP contribution in [0.4, 0.5) is 18.0 Å². The van der Waals surface area contributed by atoms with Gasteiger partial charge in [0.25, 0.3) is 0 Å². The second-order valence-corrected chi connectivity index (χ2v) is 5.25. The maximum absolute atomic E-state index is 12.7. The first-order chi connectivity index (χ1) is 10.2. The molecule has 2 N–H and O–H groups in total. The van der Waals surface area contributed by atoms with Crippen LogP contribution in [-0.4, -0.2) is 36.5 Å². The molecule has 0 aromatic heterocycles. The van der Waals surface area contributed by atoms with Gasteiger partial charge in [-0.15, -0.1) is 0 Å². The van der Waals surface area contributed by atoms with Crippen LogP contribution in [-0.2, 0) is 17.5 Å². The lowest BCUT2D eigenvalue weighted by atomic mass is 10.1. The molecule has 1 aromatic rings. The molecule has 1 aliphatic heterocycles. The van der Waals surface area contributed by atoms with E-state index >= 15 is 0 Å². The van der Waals surface area contributed by atoms with Gasteiger partial charge in [0, 0.05) is 20.1 Å². The summed E-state index contributed by atoms with van der Waals surface area (Å²) in [5.74, 6) is -0.440. The number of alkyl halides is 3. The highest BCUT2D eigenvalue weighted by Gasteiger charge is 2.34. The number of halogens is 4. The van der Waals surface area contributed by atoms with Crippen LogP contribution >= 0.6 is 11.6 Å². The highest BCUT2D eigenvalue weighted by molar-refractivity contribution is 6.31. The van der Waals surface area contributed by atoms with Crippen LogP contribution in [0.5, 0.6) is 0 Å². The highest BCUT2D eigenvalue weighted by Crippen LogP contribution is 2.35. The number of nitrogens with one attached hydrogen (secondary N) is 2. The topological polar surface area (TPSA) is 61.4 Å². The number of amides is 3. The van der Waals surface area contributed by atoms with Gasteiger partial charge in [0.05, 0.1) is 10.6 Å². The van der Waals surface area contributed by atoms with Crippen molar-refractivity contribution in [1.29, 1.82) is 0 Å². The van der Waals surface area contributed by atoms with Crippen LogP contribution in [0, 0.1) is 0 Å². The number of benzene rings is 1. The van der Waals surface area contributed by atoms with Crippen molar-refractivity contribution in [3.05, 3.63) is 34.3 Å². The minimum Gasteiger partial charge on any atom is -0.350 e. The molecule has 3 amide bonds. The predicted molar refractivity (Wildman–Crippen MR) is 73.3 cm³/mol. The Morgan fingerprint density at radius 3 is 2.73 bits per heavy atom. The molecule has 1 fully saturated rings. The molecular weight excluding hydrogens is 323 g/mol. The van der Waals surface area contributed by atoms with E-state index in [1.54, 1.807) is 0 Å². The zero-order valence-corrected chi connectivity index (χ0v) is 12.3. The Balaban J connectivity index is 2.03. The summed E-state index contributed by atoms with van der Waals surface area (Å²) in [5, 5.41) is 4.61. The molecule has 0 radical (unpaired) electrons. The summed E-state index contributed by atoms with van der Waals surface area (Å²) in [6, 6.07) is 2.38. The second-order valence-electron chi connectivity index (χ2n) is 4.84. The zero-order valence-electron chi connectivity index (χ0n) is 11.5. The van der Waals surface area contributed by atoms with Crippen molar-refractivity contribution in [2.75, 3.05) is 13.6 Å². The van der Waals surface area contributed by atoms with E-state index in [0.29, 0.717) is 0 Å². The first-order valence-corrected chi connectivity index (χ1v) is 6.72. The van der Waals surface area contributed by atoms with Crippen LogP contribution in [0.2, 0.25) is 5.02 Å². The number of likely N-dealkylation sites (N-methyl/N-ethyl adjacent to an activating group) is 1. The van der Waals surface area contributed by atoms with Gasteiger partial charge in [-0.05, 0) is 17.7 Å². The maximum atomic E-state index is 12.7. The average Bonchev–Trinajstić information content (AvgIpc) is 2.76. The van der Waals surface area contributed by atoms with E-state index in [-0.39, 0.29) is 24.7 Å². The minimum absolute atomic E-state index is 0.0857. The predicted octanol–water partition coefficient (Wildman–Crippen LogP) is 2.00. The molecule has 0 saturated carbocycles. The standard InChI is InChI=1S/C13H13ClF3N3O2/c1-20-10(6-19-12(20)22)11(21)18-5-7-2-3-9(14)8(4-7)13(15,16)17/h2-4,10H,5-6H2,1H3,(H,18,21)(H,19,22). The fourth-order valence-corrected chi connectivity index (χ4v) is 2.29. The quantitative estimate of drug-likeness (QED) is 0.887. The molecule has 0 spiro atoms. The third-order valence-electron chi connectivity index (χ3n) is 3.34. The number of carbonyl (C=O) groups is 2. The number of urea groups is 1. The van der Waals surface area contributed by atoms with Crippen molar-refractivity contribution in [3.8, 4) is 0 Å². The number of nitrogens with zero attached hydrogens (tertiary/aromatic N) is 1. The third-order valence-corrected chi connectivity index (χ3v) is 3.67. The molecule has 9 heteroatoms. The fraction of sp³-hybridized carbons (Fsp3) is 0.385. The van der Waals surface area contributed by atoms with E-state index in [9.17, 15) is 22.8 Å². The van der Waals surface area contributed by atoms with Crippen LogP contribution in [0.25, 0.3) is 0 Å². The van der Waals surface area contributed by atoms with Gasteiger partial charge in [-0.3, -0.25) is 4.79 Å². The molecule has 1 unspecified atom stereocenters. The van der Waals surface area contributed by atoms with Gasteiger partial charge in [-0.1, -0.05) is 17.7 Å². The number of rotatable bonds is 3. The lowest BCUT2D eigenvalue weighted by molar-refractivity contribution is -0.137. The summed E-state index contributed by atoms with van der Waals surface area (Å²) >= 11 is 5.52. The van der Waals surface area contributed by atoms with Gasteiger partial charge in [0.2, 0.25) is 5.91 Å². The number of hydrogen-bond donors (Lipinski definition) is 2. The highest BCUT2D eigenvalue weighted by atomic mass is 35.5. The lowest BCUT2D eigenvalue weighted by Gasteiger charge is -2.17. The Morgan fingerprint density at radius 1 is 1.50 bits per heavy atom. The van der Waals surface area contributed by atoms with Crippen LogP contribution in [0.1, 0.15) is 11.1 Å². The van der Waals surface area contributed by atoms with Gasteiger partial charge in [-0.25, -0.2) is 4.79 Å². The monoisotopic (exact) mass is 335 g/mol. The van der Waals surface area contributed by atoms with Crippen molar-refractivity contribution in [2.45, 2.75) is 18.8 Å². The molecule has 22 heavy (non-hydrogen) atoms. The van der Waals surface area contributed by atoms with Crippen LogP contribution in [0.3, 0.4) is 0 Å². The van der Waals surface area contributed by atoms with E-state index in [2.05, 4.69) is 10.6 Å². The summed E-state index contributed by atoms with van der Waals surface area (Å²) in [4.78, 5) is 24.4. The van der Waals surface area contributed by atoms with Crippen molar-refractivity contribution < 1.29 is 22.8 Å². The summed E-state index contributed by atoms with van der Waals surface area (Å²) in [7, 11) is 1.47. The Hall–Kier alpha value is -1.96. The summed E-state index contributed by atoms with van der Waals surface area (Å²) in [5.41, 5.74) is -0.680. The summed E-state index contributed by atoms with van der Waals surface area (Å²) in [6.07, 6.45) is -4.56. The van der Waals surface area contributed by atoms with E-state index in [1.165, 1.54) is 18.0 Å². The summed E-state index contributed by atoms with van der Waals surface area (Å²) < 4.78 is 38.2. The van der Waals surface area contributed by atoms with E-state index in [1.807, 2.05) is 0 Å². The Bertz CT molecular complexity index is 607. The molecule has 1 aliphatic rings. The average molecular weight is 336 g/mol. The van der Waals surface area contributed by atoms with Crippen LogP contribution in [0.15, 0.2) is 18.2 Å². The van der Waals surface area contributed by atoms with Gasteiger partial charge in [0.1, 0.15) is 6.04 Å². The zero-order chi connectivity index (χ0) is 16.5. The normalized spacial score (nSPS) is 18.3. The van der Waals surface area contributed by atoms with E-state index < -0.39 is 28.7 Å².